The first kappa shape index (κ1) is 15.1. The Morgan fingerprint density at radius 3 is 2.90 bits per heavy atom. The van der Waals surface area contributed by atoms with Crippen molar-refractivity contribution in [2.45, 2.75) is 31.1 Å². The van der Waals surface area contributed by atoms with E-state index in [0.717, 1.165) is 16.6 Å². The van der Waals surface area contributed by atoms with Gasteiger partial charge >= 0.3 is 5.97 Å². The molecule has 1 amide bonds. The maximum Gasteiger partial charge on any atom is 0.305 e. The molecule has 108 valence electrons. The standard InChI is InChI=1S/C13H15NO4S2/c1-8(15)20-9-5-12(16)14(7-9)10(6-13(17)18)11-3-2-4-19-11/h2-4,9-10H,5-7H2,1H3,(H,17,18). The van der Waals surface area contributed by atoms with Crippen LogP contribution in [0.3, 0.4) is 0 Å². The van der Waals surface area contributed by atoms with Crippen LogP contribution >= 0.6 is 23.1 Å². The zero-order valence-corrected chi connectivity index (χ0v) is 12.6. The molecular formula is C13H15NO4S2. The summed E-state index contributed by atoms with van der Waals surface area (Å²) in [4.78, 5) is 36.7. The summed E-state index contributed by atoms with van der Waals surface area (Å²) in [6.07, 6.45) is 0.190. The van der Waals surface area contributed by atoms with Crippen LogP contribution < -0.4 is 0 Å². The van der Waals surface area contributed by atoms with E-state index in [0.29, 0.717) is 13.0 Å². The van der Waals surface area contributed by atoms with E-state index < -0.39 is 12.0 Å². The van der Waals surface area contributed by atoms with Gasteiger partial charge in [-0.1, -0.05) is 17.8 Å². The molecule has 1 aromatic heterocycles. The molecule has 0 spiro atoms. The Labute approximate surface area is 125 Å². The van der Waals surface area contributed by atoms with Gasteiger partial charge in [-0.05, 0) is 11.4 Å². The molecule has 1 aliphatic heterocycles. The molecule has 0 aliphatic carbocycles. The number of thioether (sulfide) groups is 1. The molecule has 7 heteroatoms. The minimum Gasteiger partial charge on any atom is -0.481 e. The molecule has 1 saturated heterocycles. The molecule has 0 radical (unpaired) electrons. The van der Waals surface area contributed by atoms with E-state index in [-0.39, 0.29) is 22.7 Å². The molecule has 0 bridgehead atoms. The maximum atomic E-state index is 12.1. The van der Waals surface area contributed by atoms with E-state index in [2.05, 4.69) is 0 Å². The van der Waals surface area contributed by atoms with Gasteiger partial charge in [0.25, 0.3) is 0 Å². The lowest BCUT2D eigenvalue weighted by molar-refractivity contribution is -0.139. The van der Waals surface area contributed by atoms with Crippen LogP contribution in [-0.4, -0.2) is 38.8 Å². The second-order valence-corrected chi connectivity index (χ2v) is 7.07. The molecule has 1 N–H and O–H groups in total. The van der Waals surface area contributed by atoms with Crippen molar-refractivity contribution in [1.29, 1.82) is 0 Å². The maximum absolute atomic E-state index is 12.1. The summed E-state index contributed by atoms with van der Waals surface area (Å²) in [5, 5.41) is 10.8. The lowest BCUT2D eigenvalue weighted by Crippen LogP contribution is -2.31. The number of hydrogen-bond donors (Lipinski definition) is 1. The third-order valence-electron chi connectivity index (χ3n) is 3.07. The van der Waals surface area contributed by atoms with Gasteiger partial charge in [0.2, 0.25) is 5.91 Å². The topological polar surface area (TPSA) is 74.7 Å². The normalized spacial score (nSPS) is 20.1. The van der Waals surface area contributed by atoms with Crippen LogP contribution in [0.25, 0.3) is 0 Å². The summed E-state index contributed by atoms with van der Waals surface area (Å²) in [5.41, 5.74) is 0. The van der Waals surface area contributed by atoms with Crippen molar-refractivity contribution < 1.29 is 19.5 Å². The van der Waals surface area contributed by atoms with Crippen LogP contribution in [0, 0.1) is 0 Å². The fraction of sp³-hybridized carbons (Fsp3) is 0.462. The molecule has 2 unspecified atom stereocenters. The van der Waals surface area contributed by atoms with E-state index >= 15 is 0 Å². The summed E-state index contributed by atoms with van der Waals surface area (Å²) < 4.78 is 0. The summed E-state index contributed by atoms with van der Waals surface area (Å²) in [5.74, 6) is -1.01. The third-order valence-corrected chi connectivity index (χ3v) is 5.03. The lowest BCUT2D eigenvalue weighted by atomic mass is 10.1. The van der Waals surface area contributed by atoms with Gasteiger partial charge in [0.05, 0.1) is 12.5 Å². The van der Waals surface area contributed by atoms with E-state index in [1.165, 1.54) is 18.3 Å². The van der Waals surface area contributed by atoms with Crippen LogP contribution in [-0.2, 0) is 14.4 Å². The molecular weight excluding hydrogens is 298 g/mol. The molecule has 2 heterocycles. The van der Waals surface area contributed by atoms with Gasteiger partial charge in [0.1, 0.15) is 0 Å². The number of hydrogen-bond acceptors (Lipinski definition) is 5. The highest BCUT2D eigenvalue weighted by Gasteiger charge is 2.37. The molecule has 2 atom stereocenters. The minimum absolute atomic E-state index is 0.0180. The molecule has 20 heavy (non-hydrogen) atoms. The van der Waals surface area contributed by atoms with E-state index in [1.54, 1.807) is 4.90 Å². The molecule has 2 rings (SSSR count). The SMILES string of the molecule is CC(=O)SC1CC(=O)N(C(CC(=O)O)c2cccs2)C1. The Balaban J connectivity index is 2.15. The molecule has 0 saturated carbocycles. The molecule has 1 aliphatic rings. The molecule has 0 aromatic carbocycles. The van der Waals surface area contributed by atoms with Crippen molar-refractivity contribution in [3.63, 3.8) is 0 Å². The fourth-order valence-electron chi connectivity index (χ4n) is 2.32. The van der Waals surface area contributed by atoms with Crippen molar-refractivity contribution in [3.05, 3.63) is 22.4 Å². The Bertz CT molecular complexity index is 514. The monoisotopic (exact) mass is 313 g/mol. The zero-order valence-electron chi connectivity index (χ0n) is 10.9. The van der Waals surface area contributed by atoms with E-state index in [9.17, 15) is 14.4 Å². The van der Waals surface area contributed by atoms with E-state index in [1.807, 2.05) is 17.5 Å². The summed E-state index contributed by atoms with van der Waals surface area (Å²) >= 11 is 2.60. The highest BCUT2D eigenvalue weighted by atomic mass is 32.2. The Hall–Kier alpha value is -1.34. The number of aliphatic carboxylic acids is 1. The largest absolute Gasteiger partial charge is 0.481 e. The van der Waals surface area contributed by atoms with Crippen molar-refractivity contribution in [2.75, 3.05) is 6.54 Å². The van der Waals surface area contributed by atoms with E-state index in [4.69, 9.17) is 5.11 Å². The average molecular weight is 313 g/mol. The second-order valence-electron chi connectivity index (χ2n) is 4.61. The highest BCUT2D eigenvalue weighted by Crippen LogP contribution is 2.34. The highest BCUT2D eigenvalue weighted by molar-refractivity contribution is 8.14. The summed E-state index contributed by atoms with van der Waals surface area (Å²) in [6, 6.07) is 3.26. The first-order valence-electron chi connectivity index (χ1n) is 6.19. The number of carboxylic acid groups (broad SMARTS) is 1. The fourth-order valence-corrected chi connectivity index (χ4v) is 4.09. The van der Waals surface area contributed by atoms with Gasteiger partial charge in [0, 0.05) is 30.0 Å². The predicted octanol–water partition coefficient (Wildman–Crippen LogP) is 2.14. The van der Waals surface area contributed by atoms with Gasteiger partial charge < -0.3 is 10.0 Å². The smallest absolute Gasteiger partial charge is 0.305 e. The van der Waals surface area contributed by atoms with Crippen LogP contribution in [0.15, 0.2) is 17.5 Å². The third kappa shape index (κ3) is 3.61. The first-order chi connectivity index (χ1) is 9.47. The molecule has 1 fully saturated rings. The Morgan fingerprint density at radius 1 is 1.60 bits per heavy atom. The van der Waals surface area contributed by atoms with Crippen molar-refractivity contribution in [2.24, 2.45) is 0 Å². The van der Waals surface area contributed by atoms with Gasteiger partial charge in [-0.15, -0.1) is 11.3 Å². The minimum atomic E-state index is -0.932. The van der Waals surface area contributed by atoms with Gasteiger partial charge in [0.15, 0.2) is 5.12 Å². The van der Waals surface area contributed by atoms with Crippen molar-refractivity contribution in [1.82, 2.24) is 4.90 Å². The number of nitrogens with zero attached hydrogens (tertiary/aromatic N) is 1. The number of thiophene rings is 1. The molecule has 5 nitrogen and oxygen atoms in total. The van der Waals surface area contributed by atoms with Crippen molar-refractivity contribution >= 4 is 40.1 Å². The van der Waals surface area contributed by atoms with Crippen LogP contribution in [0.1, 0.15) is 30.7 Å². The number of carbonyl (C=O) groups excluding carboxylic acids is 2. The Kier molecular flexibility index (Phi) is 4.82. The first-order valence-corrected chi connectivity index (χ1v) is 7.95. The average Bonchev–Trinajstić information content (AvgIpc) is 2.95. The second kappa shape index (κ2) is 6.41. The number of amides is 1. The van der Waals surface area contributed by atoms with Crippen LogP contribution in [0.5, 0.6) is 0 Å². The van der Waals surface area contributed by atoms with Gasteiger partial charge in [-0.3, -0.25) is 14.4 Å². The Morgan fingerprint density at radius 2 is 2.35 bits per heavy atom. The van der Waals surface area contributed by atoms with Crippen LogP contribution in [0.4, 0.5) is 0 Å². The zero-order chi connectivity index (χ0) is 14.7. The number of carbonyl (C=O) groups is 3. The number of carboxylic acids is 1. The quantitative estimate of drug-likeness (QED) is 0.901. The number of rotatable bonds is 5. The number of likely N-dealkylation sites (tertiary alicyclic amines) is 1. The summed E-state index contributed by atoms with van der Waals surface area (Å²) in [6.45, 7) is 1.91. The van der Waals surface area contributed by atoms with Crippen LogP contribution in [0.2, 0.25) is 0 Å². The van der Waals surface area contributed by atoms with Crippen molar-refractivity contribution in [3.8, 4) is 0 Å². The van der Waals surface area contributed by atoms with Gasteiger partial charge in [-0.25, -0.2) is 0 Å². The molecule has 1 aromatic rings. The lowest BCUT2D eigenvalue weighted by Gasteiger charge is -2.26. The van der Waals surface area contributed by atoms with Gasteiger partial charge in [-0.2, -0.15) is 0 Å². The summed E-state index contributed by atoms with van der Waals surface area (Å²) in [7, 11) is 0. The predicted molar refractivity (Wildman–Crippen MR) is 77.7 cm³/mol.